The van der Waals surface area contributed by atoms with Gasteiger partial charge in [0.2, 0.25) is 17.3 Å². The topological polar surface area (TPSA) is 122 Å². The van der Waals surface area contributed by atoms with E-state index in [1.807, 2.05) is 41.5 Å². The van der Waals surface area contributed by atoms with E-state index in [0.717, 1.165) is 0 Å². The van der Waals surface area contributed by atoms with Crippen LogP contribution in [0.2, 0.25) is 0 Å². The van der Waals surface area contributed by atoms with E-state index >= 15 is 0 Å². The lowest BCUT2D eigenvalue weighted by Crippen LogP contribution is -2.60. The fourth-order valence-electron chi connectivity index (χ4n) is 5.10. The van der Waals surface area contributed by atoms with Crippen molar-refractivity contribution in [3.05, 3.63) is 70.8 Å². The molecule has 0 amide bonds. The molecule has 1 aliphatic heterocycles. The number of methoxy groups -OCH3 is 4. The Morgan fingerprint density at radius 2 is 1.18 bits per heavy atom. The molecule has 1 unspecified atom stereocenters. The molecule has 0 N–H and O–H groups in total. The molecule has 1 spiro atoms. The zero-order chi connectivity index (χ0) is 32.6. The van der Waals surface area contributed by atoms with Crippen molar-refractivity contribution >= 4 is 40.5 Å². The SMILES string of the molecule is COC(=O)C1=C(C(=O)OC)C2(OC(=NC(C)(C)C)C1=NC(C)(C)C)C(=O)C(c1ccc(OC)cc1)=C2c1ccc(OC)cc1. The zero-order valence-electron chi connectivity index (χ0n) is 26.8. The molecule has 1 aliphatic carbocycles. The average Bonchev–Trinajstić information content (AvgIpc) is 2.98. The molecule has 0 aromatic heterocycles. The second kappa shape index (κ2) is 11.7. The summed E-state index contributed by atoms with van der Waals surface area (Å²) < 4.78 is 27.7. The Hall–Kier alpha value is -4.73. The van der Waals surface area contributed by atoms with Gasteiger partial charge in [0.25, 0.3) is 0 Å². The monoisotopic (exact) mass is 602 g/mol. The van der Waals surface area contributed by atoms with Crippen LogP contribution in [-0.4, -0.2) is 74.4 Å². The molecule has 4 rings (SSSR count). The Balaban J connectivity index is 2.22. The van der Waals surface area contributed by atoms with Gasteiger partial charge in [-0.3, -0.25) is 9.79 Å². The molecule has 2 aliphatic rings. The van der Waals surface area contributed by atoms with Crippen molar-refractivity contribution in [3.8, 4) is 11.5 Å². The molecule has 2 aromatic rings. The van der Waals surface area contributed by atoms with E-state index in [1.54, 1.807) is 62.8 Å². The first-order valence-electron chi connectivity index (χ1n) is 14.0. The second-order valence-electron chi connectivity index (χ2n) is 12.3. The lowest BCUT2D eigenvalue weighted by molar-refractivity contribution is -0.142. The van der Waals surface area contributed by atoms with E-state index in [9.17, 15) is 14.4 Å². The highest BCUT2D eigenvalue weighted by Gasteiger charge is 2.66. The highest BCUT2D eigenvalue weighted by atomic mass is 16.5. The third-order valence-electron chi connectivity index (χ3n) is 6.86. The lowest BCUT2D eigenvalue weighted by Gasteiger charge is -2.47. The third kappa shape index (κ3) is 5.76. The largest absolute Gasteiger partial charge is 0.497 e. The van der Waals surface area contributed by atoms with Crippen LogP contribution in [0, 0.1) is 0 Å². The van der Waals surface area contributed by atoms with Crippen LogP contribution in [0.5, 0.6) is 11.5 Å². The molecule has 1 heterocycles. The Kier molecular flexibility index (Phi) is 8.59. The van der Waals surface area contributed by atoms with E-state index in [1.165, 1.54) is 14.2 Å². The Labute approximate surface area is 257 Å². The van der Waals surface area contributed by atoms with Gasteiger partial charge in [-0.15, -0.1) is 0 Å². The number of Topliss-reactive ketones (excluding diaryl/α,β-unsaturated/α-hetero) is 1. The van der Waals surface area contributed by atoms with Crippen LogP contribution in [0.3, 0.4) is 0 Å². The molecule has 232 valence electrons. The van der Waals surface area contributed by atoms with Crippen molar-refractivity contribution in [2.75, 3.05) is 28.4 Å². The maximum Gasteiger partial charge on any atom is 0.340 e. The summed E-state index contributed by atoms with van der Waals surface area (Å²) in [5.74, 6) is -1.30. The third-order valence-corrected chi connectivity index (χ3v) is 6.86. The Bertz CT molecular complexity index is 1610. The number of rotatable bonds is 6. The predicted octanol–water partition coefficient (Wildman–Crippen LogP) is 5.05. The van der Waals surface area contributed by atoms with Crippen LogP contribution in [0.4, 0.5) is 0 Å². The van der Waals surface area contributed by atoms with Gasteiger partial charge in [0, 0.05) is 11.1 Å². The standard InChI is InChI=1S/C34H38N2O8/c1-32(2,3)35-27-24(30(38)42-9)26(31(39)43-10)34(44-29(27)36-33(4,5)6)25(20-13-17-22(41-8)18-14-20)23(28(34)37)19-11-15-21(40-7)16-12-19/h11-18H,1-10H3. The molecule has 10 heteroatoms. The number of esters is 2. The Morgan fingerprint density at radius 1 is 0.705 bits per heavy atom. The molecule has 0 fully saturated rings. The summed E-state index contributed by atoms with van der Waals surface area (Å²) in [7, 11) is 5.45. The van der Waals surface area contributed by atoms with Crippen LogP contribution in [-0.2, 0) is 28.6 Å². The zero-order valence-corrected chi connectivity index (χ0v) is 26.8. The maximum atomic E-state index is 14.7. The summed E-state index contributed by atoms with van der Waals surface area (Å²) in [5.41, 5.74) is -2.44. The number of hydrogen-bond acceptors (Lipinski definition) is 10. The van der Waals surface area contributed by atoms with E-state index in [0.29, 0.717) is 28.2 Å². The molecule has 2 aromatic carbocycles. The summed E-state index contributed by atoms with van der Waals surface area (Å²) in [6.45, 7) is 11.0. The van der Waals surface area contributed by atoms with Gasteiger partial charge in [-0.05, 0) is 76.9 Å². The highest BCUT2D eigenvalue weighted by molar-refractivity contribution is 6.57. The van der Waals surface area contributed by atoms with E-state index in [4.69, 9.17) is 33.7 Å². The first-order valence-corrected chi connectivity index (χ1v) is 14.0. The fourth-order valence-corrected chi connectivity index (χ4v) is 5.10. The number of ketones is 1. The lowest BCUT2D eigenvalue weighted by atomic mass is 9.61. The normalized spacial score (nSPS) is 20.5. The maximum absolute atomic E-state index is 14.7. The van der Waals surface area contributed by atoms with Crippen molar-refractivity contribution in [2.24, 2.45) is 9.98 Å². The smallest absolute Gasteiger partial charge is 0.340 e. The molecule has 0 saturated carbocycles. The van der Waals surface area contributed by atoms with Crippen LogP contribution < -0.4 is 9.47 Å². The van der Waals surface area contributed by atoms with Crippen LogP contribution in [0.15, 0.2) is 69.7 Å². The van der Waals surface area contributed by atoms with Gasteiger partial charge in [0.1, 0.15) is 28.4 Å². The number of carbonyl (C=O) groups is 3. The minimum absolute atomic E-state index is 0.00919. The van der Waals surface area contributed by atoms with Gasteiger partial charge < -0.3 is 23.7 Å². The summed E-state index contributed by atoms with van der Waals surface area (Å²) in [5, 5.41) is 0. The number of hydrogen-bond donors (Lipinski definition) is 0. The summed E-state index contributed by atoms with van der Waals surface area (Å²) in [6, 6.07) is 13.9. The van der Waals surface area contributed by atoms with E-state index in [-0.39, 0.29) is 28.3 Å². The molecule has 0 saturated heterocycles. The molecule has 0 radical (unpaired) electrons. The van der Waals surface area contributed by atoms with Crippen molar-refractivity contribution in [2.45, 2.75) is 58.2 Å². The molecule has 44 heavy (non-hydrogen) atoms. The summed E-state index contributed by atoms with van der Waals surface area (Å²) >= 11 is 0. The minimum Gasteiger partial charge on any atom is -0.497 e. The van der Waals surface area contributed by atoms with Gasteiger partial charge in [0.05, 0.1) is 39.5 Å². The van der Waals surface area contributed by atoms with Gasteiger partial charge in [0.15, 0.2) is 0 Å². The fraction of sp³-hybridized carbons (Fsp3) is 0.382. The van der Waals surface area contributed by atoms with Crippen LogP contribution >= 0.6 is 0 Å². The van der Waals surface area contributed by atoms with Crippen LogP contribution in [0.1, 0.15) is 52.7 Å². The van der Waals surface area contributed by atoms with E-state index in [2.05, 4.69) is 0 Å². The molecule has 1 atom stereocenters. The van der Waals surface area contributed by atoms with Crippen molar-refractivity contribution in [1.29, 1.82) is 0 Å². The summed E-state index contributed by atoms with van der Waals surface area (Å²) in [6.07, 6.45) is 0. The number of carbonyl (C=O) groups excluding carboxylic acids is 3. The molecule has 10 nitrogen and oxygen atoms in total. The van der Waals surface area contributed by atoms with Crippen molar-refractivity contribution in [3.63, 3.8) is 0 Å². The summed E-state index contributed by atoms with van der Waals surface area (Å²) in [4.78, 5) is 51.6. The van der Waals surface area contributed by atoms with Crippen molar-refractivity contribution in [1.82, 2.24) is 0 Å². The van der Waals surface area contributed by atoms with Crippen molar-refractivity contribution < 1.29 is 38.1 Å². The highest BCUT2D eigenvalue weighted by Crippen LogP contribution is 2.56. The number of nitrogens with zero attached hydrogens (tertiary/aromatic N) is 2. The first kappa shape index (κ1) is 32.2. The van der Waals surface area contributed by atoms with Crippen LogP contribution in [0.25, 0.3) is 11.1 Å². The first-order chi connectivity index (χ1) is 20.6. The van der Waals surface area contributed by atoms with Gasteiger partial charge >= 0.3 is 11.9 Å². The van der Waals surface area contributed by atoms with Gasteiger partial charge in [-0.2, -0.15) is 0 Å². The number of aliphatic imine (C=N–C) groups is 2. The van der Waals surface area contributed by atoms with Gasteiger partial charge in [-0.25, -0.2) is 14.6 Å². The average molecular weight is 603 g/mol. The number of ether oxygens (including phenoxy) is 5. The minimum atomic E-state index is -2.11. The Morgan fingerprint density at radius 3 is 1.61 bits per heavy atom. The molecular weight excluding hydrogens is 564 g/mol. The molecular formula is C34H38N2O8. The van der Waals surface area contributed by atoms with Gasteiger partial charge in [-0.1, -0.05) is 24.3 Å². The second-order valence-corrected chi connectivity index (χ2v) is 12.3. The number of benzene rings is 2. The predicted molar refractivity (Wildman–Crippen MR) is 167 cm³/mol. The van der Waals surface area contributed by atoms with E-state index < -0.39 is 34.4 Å². The quantitative estimate of drug-likeness (QED) is 0.422. The molecule has 0 bridgehead atoms.